The summed E-state index contributed by atoms with van der Waals surface area (Å²) in [5, 5.41) is 0. The van der Waals surface area contributed by atoms with Crippen LogP contribution in [0.1, 0.15) is 38.1 Å². The molecular weight excluding hydrogens is 324 g/mol. The molecule has 0 bridgehead atoms. The normalized spacial score (nSPS) is 14.9. The molecule has 1 aromatic carbocycles. The zero-order chi connectivity index (χ0) is 18.6. The summed E-state index contributed by atoms with van der Waals surface area (Å²) in [5.74, 6) is -0.116. The Morgan fingerprint density at radius 1 is 0.920 bits per heavy atom. The minimum atomic E-state index is -0.534. The number of esters is 1. The van der Waals surface area contributed by atoms with Crippen LogP contribution in [0.2, 0.25) is 0 Å². The van der Waals surface area contributed by atoms with Gasteiger partial charge in [-0.3, -0.25) is 9.59 Å². The van der Waals surface area contributed by atoms with Gasteiger partial charge in [0.15, 0.2) is 0 Å². The van der Waals surface area contributed by atoms with Gasteiger partial charge in [0.05, 0.1) is 0 Å². The van der Waals surface area contributed by atoms with Crippen LogP contribution in [0.5, 0.6) is 5.75 Å². The molecule has 2 rings (SSSR count). The third kappa shape index (κ3) is 5.48. The molecule has 1 fully saturated rings. The molecule has 7 nitrogen and oxygen atoms in total. The van der Waals surface area contributed by atoms with Crippen molar-refractivity contribution in [2.75, 3.05) is 26.2 Å². The molecule has 0 aliphatic carbocycles. The molecule has 1 aliphatic heterocycles. The van der Waals surface area contributed by atoms with Crippen LogP contribution >= 0.6 is 0 Å². The molecule has 7 heteroatoms. The molecule has 0 unspecified atom stereocenters. The molecule has 0 saturated carbocycles. The standard InChI is InChI=1S/C18H24N2O5/c1-13(21)24-15-7-5-14(6-8-15)16(22)19-9-11-20(12-10-19)17(23)25-18(2,3)4/h5-8H,9-12H2,1-4H3. The minimum Gasteiger partial charge on any atom is -0.444 e. The fourth-order valence-electron chi connectivity index (χ4n) is 2.43. The first kappa shape index (κ1) is 18.8. The summed E-state index contributed by atoms with van der Waals surface area (Å²) in [5.41, 5.74) is -0.0186. The van der Waals surface area contributed by atoms with Crippen LogP contribution in [0.4, 0.5) is 4.79 Å². The summed E-state index contributed by atoms with van der Waals surface area (Å²) in [4.78, 5) is 38.8. The quantitative estimate of drug-likeness (QED) is 0.605. The Balaban J connectivity index is 1.90. The average Bonchev–Trinajstić information content (AvgIpc) is 2.53. The summed E-state index contributed by atoms with van der Waals surface area (Å²) in [6.07, 6.45) is -0.356. The van der Waals surface area contributed by atoms with Crippen molar-refractivity contribution in [1.29, 1.82) is 0 Å². The van der Waals surface area contributed by atoms with Crippen LogP contribution in [0.3, 0.4) is 0 Å². The zero-order valence-electron chi connectivity index (χ0n) is 15.1. The third-order valence-corrected chi connectivity index (χ3v) is 3.58. The fourth-order valence-corrected chi connectivity index (χ4v) is 2.43. The summed E-state index contributed by atoms with van der Waals surface area (Å²) in [6, 6.07) is 6.43. The lowest BCUT2D eigenvalue weighted by atomic mass is 10.1. The van der Waals surface area contributed by atoms with E-state index in [1.165, 1.54) is 6.92 Å². The maximum absolute atomic E-state index is 12.5. The largest absolute Gasteiger partial charge is 0.444 e. The Kier molecular flexibility index (Phi) is 5.66. The van der Waals surface area contributed by atoms with E-state index < -0.39 is 11.6 Å². The highest BCUT2D eigenvalue weighted by molar-refractivity contribution is 5.94. The molecule has 1 heterocycles. The average molecular weight is 348 g/mol. The van der Waals surface area contributed by atoms with E-state index in [9.17, 15) is 14.4 Å². The highest BCUT2D eigenvalue weighted by Crippen LogP contribution is 2.16. The lowest BCUT2D eigenvalue weighted by Crippen LogP contribution is -2.51. The number of piperazine rings is 1. The number of rotatable bonds is 2. The van der Waals surface area contributed by atoms with E-state index in [1.54, 1.807) is 34.1 Å². The molecular formula is C18H24N2O5. The van der Waals surface area contributed by atoms with Gasteiger partial charge in [-0.05, 0) is 45.0 Å². The SMILES string of the molecule is CC(=O)Oc1ccc(C(=O)N2CCN(C(=O)OC(C)(C)C)CC2)cc1. The topological polar surface area (TPSA) is 76.2 Å². The molecule has 25 heavy (non-hydrogen) atoms. The number of carbonyl (C=O) groups excluding carboxylic acids is 3. The first-order valence-electron chi connectivity index (χ1n) is 8.21. The second-order valence-corrected chi connectivity index (χ2v) is 6.88. The van der Waals surface area contributed by atoms with Crippen molar-refractivity contribution in [3.8, 4) is 5.75 Å². The number of carbonyl (C=O) groups is 3. The van der Waals surface area contributed by atoms with Crippen LogP contribution in [-0.4, -0.2) is 59.5 Å². The van der Waals surface area contributed by atoms with Gasteiger partial charge in [0.1, 0.15) is 11.4 Å². The van der Waals surface area contributed by atoms with Crippen LogP contribution in [0, 0.1) is 0 Å². The van der Waals surface area contributed by atoms with Gasteiger partial charge in [-0.1, -0.05) is 0 Å². The number of benzene rings is 1. The van der Waals surface area contributed by atoms with Crippen molar-refractivity contribution in [1.82, 2.24) is 9.80 Å². The molecule has 2 amide bonds. The molecule has 0 aromatic heterocycles. The number of ether oxygens (including phenoxy) is 2. The van der Waals surface area contributed by atoms with Gasteiger partial charge in [0, 0.05) is 38.7 Å². The smallest absolute Gasteiger partial charge is 0.410 e. The molecule has 1 saturated heterocycles. The Labute approximate surface area is 147 Å². The monoisotopic (exact) mass is 348 g/mol. The van der Waals surface area contributed by atoms with Gasteiger partial charge < -0.3 is 19.3 Å². The van der Waals surface area contributed by atoms with Gasteiger partial charge in [0.25, 0.3) is 5.91 Å². The molecule has 136 valence electrons. The maximum atomic E-state index is 12.5. The van der Waals surface area contributed by atoms with Gasteiger partial charge in [-0.15, -0.1) is 0 Å². The second-order valence-electron chi connectivity index (χ2n) is 6.88. The third-order valence-electron chi connectivity index (χ3n) is 3.58. The number of hydrogen-bond acceptors (Lipinski definition) is 5. The van der Waals surface area contributed by atoms with Crippen LogP contribution in [0.15, 0.2) is 24.3 Å². The summed E-state index contributed by atoms with van der Waals surface area (Å²) < 4.78 is 10.3. The van der Waals surface area contributed by atoms with E-state index in [1.807, 2.05) is 20.8 Å². The number of nitrogens with zero attached hydrogens (tertiary/aromatic N) is 2. The van der Waals surface area contributed by atoms with E-state index in [2.05, 4.69) is 0 Å². The van der Waals surface area contributed by atoms with Crippen LogP contribution < -0.4 is 4.74 Å². The van der Waals surface area contributed by atoms with Crippen molar-refractivity contribution in [2.45, 2.75) is 33.3 Å². The van der Waals surface area contributed by atoms with Crippen LogP contribution in [0.25, 0.3) is 0 Å². The van der Waals surface area contributed by atoms with Crippen molar-refractivity contribution in [2.24, 2.45) is 0 Å². The minimum absolute atomic E-state index is 0.113. The summed E-state index contributed by atoms with van der Waals surface area (Å²) >= 11 is 0. The van der Waals surface area contributed by atoms with E-state index >= 15 is 0 Å². The van der Waals surface area contributed by atoms with Gasteiger partial charge in [-0.25, -0.2) is 4.79 Å². The van der Waals surface area contributed by atoms with Gasteiger partial charge >= 0.3 is 12.1 Å². The van der Waals surface area contributed by atoms with Crippen molar-refractivity contribution in [3.05, 3.63) is 29.8 Å². The number of amides is 2. The first-order chi connectivity index (χ1) is 11.7. The molecule has 0 spiro atoms. The van der Waals surface area contributed by atoms with E-state index in [4.69, 9.17) is 9.47 Å². The van der Waals surface area contributed by atoms with E-state index in [0.29, 0.717) is 37.5 Å². The Morgan fingerprint density at radius 2 is 1.44 bits per heavy atom. The summed E-state index contributed by atoms with van der Waals surface area (Å²) in [7, 11) is 0. The lowest BCUT2D eigenvalue weighted by molar-refractivity contribution is -0.131. The Morgan fingerprint density at radius 3 is 1.92 bits per heavy atom. The Bertz CT molecular complexity index is 640. The second kappa shape index (κ2) is 7.55. The fraction of sp³-hybridized carbons (Fsp3) is 0.500. The molecule has 0 radical (unpaired) electrons. The highest BCUT2D eigenvalue weighted by atomic mass is 16.6. The Hall–Kier alpha value is -2.57. The molecule has 0 N–H and O–H groups in total. The highest BCUT2D eigenvalue weighted by Gasteiger charge is 2.28. The zero-order valence-corrected chi connectivity index (χ0v) is 15.1. The van der Waals surface area contributed by atoms with Gasteiger partial charge in [-0.2, -0.15) is 0 Å². The van der Waals surface area contributed by atoms with Crippen LogP contribution in [-0.2, 0) is 9.53 Å². The molecule has 0 atom stereocenters. The predicted molar refractivity (Wildman–Crippen MR) is 91.5 cm³/mol. The first-order valence-corrected chi connectivity index (χ1v) is 8.21. The lowest BCUT2D eigenvalue weighted by Gasteiger charge is -2.35. The van der Waals surface area contributed by atoms with E-state index in [-0.39, 0.29) is 12.0 Å². The van der Waals surface area contributed by atoms with Gasteiger partial charge in [0.2, 0.25) is 0 Å². The van der Waals surface area contributed by atoms with E-state index in [0.717, 1.165) is 0 Å². The van der Waals surface area contributed by atoms with Crippen molar-refractivity contribution in [3.63, 3.8) is 0 Å². The number of hydrogen-bond donors (Lipinski definition) is 0. The molecule has 1 aromatic rings. The maximum Gasteiger partial charge on any atom is 0.410 e. The molecule has 1 aliphatic rings. The van der Waals surface area contributed by atoms with Crippen molar-refractivity contribution < 1.29 is 23.9 Å². The summed E-state index contributed by atoms with van der Waals surface area (Å²) in [6.45, 7) is 8.56. The predicted octanol–water partition coefficient (Wildman–Crippen LogP) is 2.30. The van der Waals surface area contributed by atoms with Crippen molar-refractivity contribution >= 4 is 18.0 Å².